The molecule has 0 saturated heterocycles. The third-order valence-electron chi connectivity index (χ3n) is 4.71. The van der Waals surface area contributed by atoms with Gasteiger partial charge in [-0.3, -0.25) is 9.10 Å². The first-order chi connectivity index (χ1) is 15.8. The molecule has 0 aromatic heterocycles. The van der Waals surface area contributed by atoms with Crippen molar-refractivity contribution in [1.29, 1.82) is 0 Å². The van der Waals surface area contributed by atoms with E-state index in [1.165, 1.54) is 56.3 Å². The lowest BCUT2D eigenvalue weighted by atomic mass is 10.2. The molecule has 0 aliphatic rings. The summed E-state index contributed by atoms with van der Waals surface area (Å²) in [7, 11) is -1.23. The van der Waals surface area contributed by atoms with Crippen LogP contribution in [-0.4, -0.2) is 41.3 Å². The van der Waals surface area contributed by atoms with Crippen molar-refractivity contribution in [3.63, 3.8) is 0 Å². The molecule has 0 aliphatic heterocycles. The van der Waals surface area contributed by atoms with Crippen molar-refractivity contribution in [3.8, 4) is 11.5 Å². The number of hydrogen-bond acceptors (Lipinski definition) is 6. The fourth-order valence-corrected chi connectivity index (χ4v) is 4.86. The molecule has 7 nitrogen and oxygen atoms in total. The summed E-state index contributed by atoms with van der Waals surface area (Å²) in [6, 6.07) is 16.1. The zero-order chi connectivity index (χ0) is 24.0. The first-order valence-electron chi connectivity index (χ1n) is 9.72. The highest BCUT2D eigenvalue weighted by Crippen LogP contribution is 2.30. The minimum absolute atomic E-state index is 0.0145. The van der Waals surface area contributed by atoms with E-state index in [2.05, 4.69) is 5.32 Å². The van der Waals surface area contributed by atoms with Crippen LogP contribution < -0.4 is 19.1 Å². The number of nitrogens with one attached hydrogen (secondary N) is 1. The Kier molecular flexibility index (Phi) is 7.83. The van der Waals surface area contributed by atoms with Gasteiger partial charge in [0.15, 0.2) is 0 Å². The van der Waals surface area contributed by atoms with Crippen LogP contribution in [0.4, 0.5) is 15.8 Å². The Labute approximate surface area is 196 Å². The fourth-order valence-electron chi connectivity index (χ4n) is 3.04. The highest BCUT2D eigenvalue weighted by molar-refractivity contribution is 7.98. The zero-order valence-corrected chi connectivity index (χ0v) is 19.9. The normalized spacial score (nSPS) is 11.0. The average Bonchev–Trinajstić information content (AvgIpc) is 2.82. The van der Waals surface area contributed by atoms with E-state index in [1.54, 1.807) is 30.3 Å². The number of rotatable bonds is 9. The lowest BCUT2D eigenvalue weighted by molar-refractivity contribution is -0.114. The Morgan fingerprint density at radius 2 is 1.76 bits per heavy atom. The van der Waals surface area contributed by atoms with Crippen LogP contribution in [0.5, 0.6) is 11.5 Å². The molecule has 1 N–H and O–H groups in total. The van der Waals surface area contributed by atoms with Crippen molar-refractivity contribution < 1.29 is 27.1 Å². The monoisotopic (exact) mass is 490 g/mol. The Hall–Kier alpha value is -3.24. The van der Waals surface area contributed by atoms with E-state index in [4.69, 9.17) is 9.47 Å². The average molecular weight is 491 g/mol. The van der Waals surface area contributed by atoms with Gasteiger partial charge in [-0.25, -0.2) is 12.8 Å². The second-order valence-electron chi connectivity index (χ2n) is 6.78. The molecule has 10 heteroatoms. The molecule has 0 unspecified atom stereocenters. The molecule has 3 rings (SSSR count). The Morgan fingerprint density at radius 3 is 2.36 bits per heavy atom. The molecule has 0 atom stereocenters. The maximum atomic E-state index is 13.9. The predicted octanol–water partition coefficient (Wildman–Crippen LogP) is 4.40. The maximum Gasteiger partial charge on any atom is 0.264 e. The summed E-state index contributed by atoms with van der Waals surface area (Å²) >= 11 is 1.47. The number of sulfonamides is 1. The van der Waals surface area contributed by atoms with E-state index in [0.717, 1.165) is 15.3 Å². The molecular formula is C23H23FN2O5S2. The molecule has 0 spiro atoms. The van der Waals surface area contributed by atoms with Gasteiger partial charge in [0.25, 0.3) is 10.0 Å². The number of carbonyl (C=O) groups excluding carboxylic acids is 1. The molecule has 0 radical (unpaired) electrons. The number of methoxy groups -OCH3 is 2. The molecule has 0 fully saturated rings. The zero-order valence-electron chi connectivity index (χ0n) is 18.2. The number of halogens is 1. The topological polar surface area (TPSA) is 84.9 Å². The number of ether oxygens (including phenoxy) is 2. The quantitative estimate of drug-likeness (QED) is 0.448. The summed E-state index contributed by atoms with van der Waals surface area (Å²) in [4.78, 5) is 13.8. The molecule has 0 heterocycles. The smallest absolute Gasteiger partial charge is 0.264 e. The molecule has 33 heavy (non-hydrogen) atoms. The lowest BCUT2D eigenvalue weighted by Gasteiger charge is -2.24. The van der Waals surface area contributed by atoms with E-state index in [-0.39, 0.29) is 10.6 Å². The van der Waals surface area contributed by atoms with Crippen molar-refractivity contribution in [2.24, 2.45) is 0 Å². The van der Waals surface area contributed by atoms with Crippen molar-refractivity contribution in [2.75, 3.05) is 36.6 Å². The summed E-state index contributed by atoms with van der Waals surface area (Å²) in [5.41, 5.74) is 0.366. The highest BCUT2D eigenvalue weighted by Gasteiger charge is 2.28. The van der Waals surface area contributed by atoms with Crippen LogP contribution in [0.15, 0.2) is 76.5 Å². The van der Waals surface area contributed by atoms with Gasteiger partial charge >= 0.3 is 0 Å². The summed E-state index contributed by atoms with van der Waals surface area (Å²) in [5.74, 6) is -0.382. The van der Waals surface area contributed by atoms with Crippen LogP contribution in [0.2, 0.25) is 0 Å². The van der Waals surface area contributed by atoms with Crippen molar-refractivity contribution in [1.82, 2.24) is 0 Å². The number of hydrogen-bond donors (Lipinski definition) is 1. The van der Waals surface area contributed by atoms with Crippen LogP contribution in [0.3, 0.4) is 0 Å². The SMILES string of the molecule is COc1ccc(NC(=O)CN(c2cccc(F)c2)S(=O)(=O)c2ccc(SC)cc2)c(OC)c1. The van der Waals surface area contributed by atoms with E-state index >= 15 is 0 Å². The number of nitrogens with zero attached hydrogens (tertiary/aromatic N) is 1. The van der Waals surface area contributed by atoms with Crippen LogP contribution in [0.1, 0.15) is 0 Å². The highest BCUT2D eigenvalue weighted by atomic mass is 32.2. The summed E-state index contributed by atoms with van der Waals surface area (Å²) in [6.45, 7) is -0.578. The summed E-state index contributed by atoms with van der Waals surface area (Å²) < 4.78 is 52.0. The van der Waals surface area contributed by atoms with Gasteiger partial charge in [0.1, 0.15) is 23.9 Å². The largest absolute Gasteiger partial charge is 0.497 e. The number of thioether (sulfide) groups is 1. The van der Waals surface area contributed by atoms with Crippen LogP contribution >= 0.6 is 11.8 Å². The third kappa shape index (κ3) is 5.77. The van der Waals surface area contributed by atoms with Gasteiger partial charge in [0, 0.05) is 11.0 Å². The molecule has 3 aromatic rings. The number of benzene rings is 3. The summed E-state index contributed by atoms with van der Waals surface area (Å²) in [6.07, 6.45) is 1.88. The first kappa shape index (κ1) is 24.4. The Balaban J connectivity index is 1.94. The standard InChI is InChI=1S/C23H23FN2O5S2/c1-30-18-7-12-21(22(14-18)31-2)25-23(27)15-26(17-6-4-5-16(24)13-17)33(28,29)20-10-8-19(32-3)9-11-20/h4-14H,15H2,1-3H3,(H,25,27). The molecule has 0 aliphatic carbocycles. The van der Waals surface area contributed by atoms with Gasteiger partial charge in [-0.1, -0.05) is 6.07 Å². The van der Waals surface area contributed by atoms with E-state index in [0.29, 0.717) is 17.2 Å². The molecule has 1 amide bonds. The van der Waals surface area contributed by atoms with Gasteiger partial charge in [0.05, 0.1) is 30.5 Å². The predicted molar refractivity (Wildman–Crippen MR) is 127 cm³/mol. The number of carbonyl (C=O) groups is 1. The van der Waals surface area contributed by atoms with Gasteiger partial charge in [-0.2, -0.15) is 0 Å². The van der Waals surface area contributed by atoms with Crippen molar-refractivity contribution in [3.05, 3.63) is 72.5 Å². The van der Waals surface area contributed by atoms with Gasteiger partial charge < -0.3 is 14.8 Å². The van der Waals surface area contributed by atoms with Gasteiger partial charge in [-0.05, 0) is 60.9 Å². The van der Waals surface area contributed by atoms with Crippen molar-refractivity contribution >= 4 is 39.1 Å². The first-order valence-corrected chi connectivity index (χ1v) is 12.4. The van der Waals surface area contributed by atoms with Gasteiger partial charge in [0.2, 0.25) is 5.91 Å². The van der Waals surface area contributed by atoms with E-state index < -0.39 is 28.3 Å². The van der Waals surface area contributed by atoms with Crippen LogP contribution in [0.25, 0.3) is 0 Å². The van der Waals surface area contributed by atoms with E-state index in [1.807, 2.05) is 6.26 Å². The maximum absolute atomic E-state index is 13.9. The second-order valence-corrected chi connectivity index (χ2v) is 9.52. The van der Waals surface area contributed by atoms with Crippen molar-refractivity contribution in [2.45, 2.75) is 9.79 Å². The van der Waals surface area contributed by atoms with Gasteiger partial charge in [-0.15, -0.1) is 11.8 Å². The minimum atomic E-state index is -4.16. The third-order valence-corrected chi connectivity index (χ3v) is 7.25. The Morgan fingerprint density at radius 1 is 1.03 bits per heavy atom. The van der Waals surface area contributed by atoms with Crippen LogP contribution in [0, 0.1) is 5.82 Å². The number of anilines is 2. The van der Waals surface area contributed by atoms with Crippen LogP contribution in [-0.2, 0) is 14.8 Å². The van der Waals surface area contributed by atoms with E-state index in [9.17, 15) is 17.6 Å². The number of amides is 1. The molecule has 3 aromatic carbocycles. The Bertz CT molecular complexity index is 1230. The second kappa shape index (κ2) is 10.6. The molecular weight excluding hydrogens is 467 g/mol. The fraction of sp³-hybridized carbons (Fsp3) is 0.174. The summed E-state index contributed by atoms with van der Waals surface area (Å²) in [5, 5.41) is 2.65. The lowest BCUT2D eigenvalue weighted by Crippen LogP contribution is -2.38. The molecule has 0 bridgehead atoms. The molecule has 0 saturated carbocycles. The molecule has 174 valence electrons. The minimum Gasteiger partial charge on any atom is -0.497 e.